The summed E-state index contributed by atoms with van der Waals surface area (Å²) in [5, 5.41) is 15.1. The first-order valence-corrected chi connectivity index (χ1v) is 8.44. The maximum absolute atomic E-state index is 12.2. The number of hydrogen-bond acceptors (Lipinski definition) is 4. The third-order valence-electron chi connectivity index (χ3n) is 3.98. The number of carbonyl (C=O) groups is 1. The number of aryl methyl sites for hydroxylation is 2. The zero-order valence-corrected chi connectivity index (χ0v) is 14.4. The first-order chi connectivity index (χ1) is 12.2. The molecule has 1 aromatic heterocycles. The molecule has 1 heterocycles. The van der Waals surface area contributed by atoms with Crippen LogP contribution in [0.3, 0.4) is 0 Å². The summed E-state index contributed by atoms with van der Waals surface area (Å²) in [6, 6.07) is 15.8. The van der Waals surface area contributed by atoms with Crippen LogP contribution in [0.2, 0.25) is 0 Å². The van der Waals surface area contributed by atoms with Crippen molar-refractivity contribution in [2.45, 2.75) is 33.2 Å². The molecule has 25 heavy (non-hydrogen) atoms. The van der Waals surface area contributed by atoms with Gasteiger partial charge < -0.3 is 5.32 Å². The molecule has 0 spiro atoms. The summed E-state index contributed by atoms with van der Waals surface area (Å²) in [7, 11) is 0. The molecule has 0 saturated heterocycles. The number of hydrogen-bond donors (Lipinski definition) is 1. The van der Waals surface area contributed by atoms with E-state index in [0.29, 0.717) is 5.82 Å². The van der Waals surface area contributed by atoms with Crippen LogP contribution in [0.25, 0.3) is 11.4 Å². The Morgan fingerprint density at radius 2 is 1.80 bits per heavy atom. The van der Waals surface area contributed by atoms with Crippen molar-refractivity contribution >= 4 is 11.6 Å². The second kappa shape index (κ2) is 7.70. The predicted molar refractivity (Wildman–Crippen MR) is 97.1 cm³/mol. The van der Waals surface area contributed by atoms with Crippen molar-refractivity contribution in [2.24, 2.45) is 0 Å². The average Bonchev–Trinajstić information content (AvgIpc) is 3.10. The van der Waals surface area contributed by atoms with E-state index in [1.54, 1.807) is 0 Å². The Morgan fingerprint density at radius 3 is 2.52 bits per heavy atom. The van der Waals surface area contributed by atoms with Gasteiger partial charge in [-0.1, -0.05) is 50.2 Å². The van der Waals surface area contributed by atoms with Crippen molar-refractivity contribution < 1.29 is 4.79 Å². The number of tetrazole rings is 1. The number of anilines is 1. The van der Waals surface area contributed by atoms with Gasteiger partial charge in [0, 0.05) is 11.3 Å². The van der Waals surface area contributed by atoms with Crippen LogP contribution in [-0.4, -0.2) is 26.1 Å². The number of carbonyl (C=O) groups excluding carboxylic acids is 1. The number of aromatic nitrogens is 4. The van der Waals surface area contributed by atoms with Gasteiger partial charge >= 0.3 is 0 Å². The summed E-state index contributed by atoms with van der Waals surface area (Å²) in [6.07, 6.45) is 1.91. The fourth-order valence-corrected chi connectivity index (χ4v) is 2.51. The van der Waals surface area contributed by atoms with Crippen LogP contribution in [0.15, 0.2) is 48.5 Å². The van der Waals surface area contributed by atoms with Crippen molar-refractivity contribution in [3.8, 4) is 11.4 Å². The Bertz CT molecular complexity index is 854. The number of nitrogens with zero attached hydrogens (tertiary/aromatic N) is 4. The molecule has 3 aromatic rings. The lowest BCUT2D eigenvalue weighted by atomic mass is 10.1. The van der Waals surface area contributed by atoms with E-state index in [1.807, 2.05) is 48.5 Å². The molecule has 1 N–H and O–H groups in total. The van der Waals surface area contributed by atoms with Crippen molar-refractivity contribution in [3.05, 3.63) is 59.7 Å². The molecule has 1 amide bonds. The number of benzene rings is 2. The summed E-state index contributed by atoms with van der Waals surface area (Å²) >= 11 is 0. The minimum atomic E-state index is -0.182. The van der Waals surface area contributed by atoms with Crippen LogP contribution >= 0.6 is 0 Å². The van der Waals surface area contributed by atoms with Gasteiger partial charge in [0.05, 0.1) is 0 Å². The summed E-state index contributed by atoms with van der Waals surface area (Å²) in [5.41, 5.74) is 4.10. The number of nitrogens with one attached hydrogen (secondary N) is 1. The lowest BCUT2D eigenvalue weighted by Gasteiger charge is -2.05. The highest BCUT2D eigenvalue weighted by Gasteiger charge is 2.10. The lowest BCUT2D eigenvalue weighted by Crippen LogP contribution is -2.20. The summed E-state index contributed by atoms with van der Waals surface area (Å²) < 4.78 is 0. The molecule has 0 aliphatic heterocycles. The Labute approximate surface area is 146 Å². The highest BCUT2D eigenvalue weighted by Crippen LogP contribution is 2.15. The molecule has 0 radical (unpaired) electrons. The number of amides is 1. The van der Waals surface area contributed by atoms with Crippen LogP contribution in [0.5, 0.6) is 0 Å². The van der Waals surface area contributed by atoms with Gasteiger partial charge in [0.1, 0.15) is 6.54 Å². The minimum absolute atomic E-state index is 0.0242. The Morgan fingerprint density at radius 1 is 1.04 bits per heavy atom. The third-order valence-corrected chi connectivity index (χ3v) is 3.98. The first-order valence-electron chi connectivity index (χ1n) is 8.44. The van der Waals surface area contributed by atoms with Gasteiger partial charge in [-0.15, -0.1) is 10.2 Å². The Kier molecular flexibility index (Phi) is 5.18. The van der Waals surface area contributed by atoms with E-state index in [-0.39, 0.29) is 12.5 Å². The van der Waals surface area contributed by atoms with Gasteiger partial charge in [-0.05, 0) is 41.3 Å². The summed E-state index contributed by atoms with van der Waals surface area (Å²) in [6.45, 7) is 4.21. The van der Waals surface area contributed by atoms with Crippen molar-refractivity contribution in [2.75, 3.05) is 5.32 Å². The van der Waals surface area contributed by atoms with Crippen LogP contribution < -0.4 is 5.32 Å². The zero-order chi connectivity index (χ0) is 17.6. The highest BCUT2D eigenvalue weighted by atomic mass is 16.2. The quantitative estimate of drug-likeness (QED) is 0.751. The monoisotopic (exact) mass is 335 g/mol. The summed E-state index contributed by atoms with van der Waals surface area (Å²) in [5.74, 6) is 0.335. The van der Waals surface area contributed by atoms with Crippen molar-refractivity contribution in [1.29, 1.82) is 0 Å². The molecule has 2 aromatic carbocycles. The second-order valence-electron chi connectivity index (χ2n) is 5.80. The predicted octanol–water partition coefficient (Wildman–Crippen LogP) is 3.10. The molecule has 0 saturated carbocycles. The normalized spacial score (nSPS) is 10.6. The van der Waals surface area contributed by atoms with Crippen LogP contribution in [-0.2, 0) is 24.2 Å². The summed E-state index contributed by atoms with van der Waals surface area (Å²) in [4.78, 5) is 13.5. The molecular weight excluding hydrogens is 314 g/mol. The molecule has 6 nitrogen and oxygen atoms in total. The fourth-order valence-electron chi connectivity index (χ4n) is 2.51. The van der Waals surface area contributed by atoms with E-state index in [2.05, 4.69) is 34.6 Å². The topological polar surface area (TPSA) is 72.7 Å². The zero-order valence-electron chi connectivity index (χ0n) is 14.4. The van der Waals surface area contributed by atoms with Gasteiger partial charge in [0.2, 0.25) is 11.7 Å². The standard InChI is InChI=1S/C19H21N5O/c1-3-14-8-10-16(11-9-14)19-21-23-24(22-19)13-18(25)20-17-7-5-6-15(4-2)12-17/h5-12H,3-4,13H2,1-2H3,(H,20,25). The maximum atomic E-state index is 12.2. The van der Waals surface area contributed by atoms with Gasteiger partial charge in [0.15, 0.2) is 0 Å². The van der Waals surface area contributed by atoms with Gasteiger partial charge in [-0.2, -0.15) is 4.80 Å². The van der Waals surface area contributed by atoms with Crippen LogP contribution in [0, 0.1) is 0 Å². The second-order valence-corrected chi connectivity index (χ2v) is 5.80. The SMILES string of the molecule is CCc1ccc(-c2nnn(CC(=O)Nc3cccc(CC)c3)n2)cc1. The van der Waals surface area contributed by atoms with E-state index in [1.165, 1.54) is 15.9 Å². The lowest BCUT2D eigenvalue weighted by molar-refractivity contribution is -0.117. The smallest absolute Gasteiger partial charge is 0.248 e. The molecule has 6 heteroatoms. The Balaban J connectivity index is 1.64. The largest absolute Gasteiger partial charge is 0.324 e. The van der Waals surface area contributed by atoms with E-state index in [0.717, 1.165) is 24.1 Å². The van der Waals surface area contributed by atoms with E-state index < -0.39 is 0 Å². The van der Waals surface area contributed by atoms with Gasteiger partial charge in [-0.3, -0.25) is 4.79 Å². The van der Waals surface area contributed by atoms with E-state index in [4.69, 9.17) is 0 Å². The average molecular weight is 335 g/mol. The Hall–Kier alpha value is -3.02. The molecule has 0 fully saturated rings. The molecule has 0 aliphatic carbocycles. The van der Waals surface area contributed by atoms with Gasteiger partial charge in [0.25, 0.3) is 0 Å². The molecule has 3 rings (SSSR count). The minimum Gasteiger partial charge on any atom is -0.324 e. The maximum Gasteiger partial charge on any atom is 0.248 e. The fraction of sp³-hybridized carbons (Fsp3) is 0.263. The molecule has 128 valence electrons. The molecule has 0 unspecified atom stereocenters. The molecule has 0 bridgehead atoms. The van der Waals surface area contributed by atoms with E-state index >= 15 is 0 Å². The van der Waals surface area contributed by atoms with Crippen molar-refractivity contribution in [1.82, 2.24) is 20.2 Å². The molecule has 0 aliphatic rings. The third kappa shape index (κ3) is 4.29. The van der Waals surface area contributed by atoms with Gasteiger partial charge in [-0.25, -0.2) is 0 Å². The van der Waals surface area contributed by atoms with Crippen molar-refractivity contribution in [3.63, 3.8) is 0 Å². The number of rotatable bonds is 6. The highest BCUT2D eigenvalue weighted by molar-refractivity contribution is 5.90. The van der Waals surface area contributed by atoms with Crippen LogP contribution in [0.4, 0.5) is 5.69 Å². The van der Waals surface area contributed by atoms with Crippen LogP contribution in [0.1, 0.15) is 25.0 Å². The molecular formula is C19H21N5O. The van der Waals surface area contributed by atoms with E-state index in [9.17, 15) is 4.79 Å². The molecule has 0 atom stereocenters. The first kappa shape index (κ1) is 16.8.